The molecule has 2 unspecified atom stereocenters. The van der Waals surface area contributed by atoms with E-state index < -0.39 is 11.6 Å². The van der Waals surface area contributed by atoms with E-state index in [9.17, 15) is 14.7 Å². The van der Waals surface area contributed by atoms with Crippen molar-refractivity contribution in [3.8, 4) is 0 Å². The first-order chi connectivity index (χ1) is 12.9. The zero-order chi connectivity index (χ0) is 22.1. The predicted molar refractivity (Wildman–Crippen MR) is 123 cm³/mol. The molecule has 2 atom stereocenters. The minimum Gasteiger partial charge on any atom is -0.478 e. The van der Waals surface area contributed by atoms with E-state index in [1.807, 2.05) is 53.8 Å². The van der Waals surface area contributed by atoms with Crippen molar-refractivity contribution in [2.45, 2.75) is 93.7 Å². The third-order valence-corrected chi connectivity index (χ3v) is 4.49. The highest BCUT2D eigenvalue weighted by molar-refractivity contribution is 5.90. The fraction of sp³-hybridized carbons (Fsp3) is 0.667. The molecule has 1 rings (SSSR count). The zero-order valence-corrected chi connectivity index (χ0v) is 19.1. The van der Waals surface area contributed by atoms with Crippen LogP contribution in [0.3, 0.4) is 0 Å². The standard InChI is InChI=1S/C21H33NO4.C2H6.CH4/c1-8-16(11-14(2)12-19(23)26-21(4,5)6)22(7)17-10-9-15(3)18(13-17)20(24)25;1-2;/h9-10,13-14,16H,8,11-12H2,1-7H3,(H,24,25);1-2H3;1H4. The molecule has 1 N–H and O–H groups in total. The van der Waals surface area contributed by atoms with Gasteiger partial charge in [-0.3, -0.25) is 4.79 Å². The van der Waals surface area contributed by atoms with Crippen LogP contribution in [-0.4, -0.2) is 35.7 Å². The van der Waals surface area contributed by atoms with E-state index >= 15 is 0 Å². The van der Waals surface area contributed by atoms with Crippen LogP contribution in [-0.2, 0) is 9.53 Å². The van der Waals surface area contributed by atoms with E-state index in [1.54, 1.807) is 13.0 Å². The third-order valence-electron chi connectivity index (χ3n) is 4.49. The highest BCUT2D eigenvalue weighted by atomic mass is 16.6. The van der Waals surface area contributed by atoms with Crippen LogP contribution in [0.2, 0.25) is 0 Å². The monoisotopic (exact) mass is 409 g/mol. The number of carbonyl (C=O) groups excluding carboxylic acids is 1. The summed E-state index contributed by atoms with van der Waals surface area (Å²) in [5.74, 6) is -0.906. The highest BCUT2D eigenvalue weighted by Gasteiger charge is 2.22. The Hall–Kier alpha value is -2.04. The van der Waals surface area contributed by atoms with Crippen molar-refractivity contribution in [2.24, 2.45) is 5.92 Å². The van der Waals surface area contributed by atoms with E-state index in [0.717, 1.165) is 24.1 Å². The smallest absolute Gasteiger partial charge is 0.336 e. The summed E-state index contributed by atoms with van der Waals surface area (Å²) in [6.45, 7) is 15.6. The number of carboxylic acid groups (broad SMARTS) is 1. The minimum absolute atomic E-state index is 0. The number of esters is 1. The minimum atomic E-state index is -0.913. The van der Waals surface area contributed by atoms with Gasteiger partial charge in [0, 0.05) is 25.2 Å². The number of carboxylic acids is 1. The molecule has 0 spiro atoms. The lowest BCUT2D eigenvalue weighted by molar-refractivity contribution is -0.155. The van der Waals surface area contributed by atoms with E-state index in [0.29, 0.717) is 12.0 Å². The highest BCUT2D eigenvalue weighted by Crippen LogP contribution is 2.25. The van der Waals surface area contributed by atoms with Crippen molar-refractivity contribution in [2.75, 3.05) is 11.9 Å². The topological polar surface area (TPSA) is 66.8 Å². The van der Waals surface area contributed by atoms with Gasteiger partial charge < -0.3 is 14.7 Å². The normalized spacial score (nSPS) is 12.6. The Bertz CT molecular complexity index is 634. The Morgan fingerprint density at radius 1 is 1.21 bits per heavy atom. The maximum Gasteiger partial charge on any atom is 0.336 e. The Labute approximate surface area is 178 Å². The van der Waals surface area contributed by atoms with Gasteiger partial charge in [-0.1, -0.05) is 41.2 Å². The van der Waals surface area contributed by atoms with Crippen molar-refractivity contribution in [1.82, 2.24) is 0 Å². The van der Waals surface area contributed by atoms with Crippen molar-refractivity contribution in [1.29, 1.82) is 0 Å². The number of rotatable bonds is 8. The molecule has 0 aliphatic rings. The van der Waals surface area contributed by atoms with Crippen LogP contribution in [0, 0.1) is 12.8 Å². The van der Waals surface area contributed by atoms with Crippen molar-refractivity contribution in [3.05, 3.63) is 29.3 Å². The molecule has 0 radical (unpaired) electrons. The molecule has 0 heterocycles. The molecule has 0 aliphatic heterocycles. The van der Waals surface area contributed by atoms with Crippen LogP contribution >= 0.6 is 0 Å². The molecule has 0 aromatic heterocycles. The van der Waals surface area contributed by atoms with Crippen molar-refractivity contribution >= 4 is 17.6 Å². The zero-order valence-electron chi connectivity index (χ0n) is 19.1. The maximum atomic E-state index is 12.0. The number of hydrogen-bond donors (Lipinski definition) is 1. The lowest BCUT2D eigenvalue weighted by atomic mass is 9.95. The van der Waals surface area contributed by atoms with E-state index in [-0.39, 0.29) is 25.4 Å². The van der Waals surface area contributed by atoms with Crippen LogP contribution < -0.4 is 4.90 Å². The molecule has 5 nitrogen and oxygen atoms in total. The number of aromatic carboxylic acids is 1. The number of anilines is 1. The quantitative estimate of drug-likeness (QED) is 0.508. The fourth-order valence-corrected chi connectivity index (χ4v) is 3.08. The molecule has 0 saturated heterocycles. The van der Waals surface area contributed by atoms with Crippen LogP contribution in [0.1, 0.15) is 91.1 Å². The number of nitrogens with zero attached hydrogens (tertiary/aromatic N) is 1. The third kappa shape index (κ3) is 10.3. The summed E-state index contributed by atoms with van der Waals surface area (Å²) >= 11 is 0. The van der Waals surface area contributed by atoms with Gasteiger partial charge in [-0.25, -0.2) is 4.79 Å². The summed E-state index contributed by atoms with van der Waals surface area (Å²) in [6.07, 6.45) is 2.13. The lowest BCUT2D eigenvalue weighted by Gasteiger charge is -2.32. The van der Waals surface area contributed by atoms with Crippen LogP contribution in [0.25, 0.3) is 0 Å². The van der Waals surface area contributed by atoms with Crippen LogP contribution in [0.15, 0.2) is 18.2 Å². The Morgan fingerprint density at radius 3 is 2.21 bits per heavy atom. The van der Waals surface area contributed by atoms with Gasteiger partial charge in [-0.2, -0.15) is 0 Å². The molecule has 168 valence electrons. The van der Waals surface area contributed by atoms with Gasteiger partial charge in [0.1, 0.15) is 5.60 Å². The average Bonchev–Trinajstić information content (AvgIpc) is 2.59. The van der Waals surface area contributed by atoms with Crippen LogP contribution in [0.4, 0.5) is 5.69 Å². The molecule has 29 heavy (non-hydrogen) atoms. The average molecular weight is 410 g/mol. The summed E-state index contributed by atoms with van der Waals surface area (Å²) in [4.78, 5) is 25.5. The first kappa shape index (κ1) is 29.2. The molecule has 0 bridgehead atoms. The molecule has 0 saturated carbocycles. The number of benzene rings is 1. The van der Waals surface area contributed by atoms with Gasteiger partial charge in [-0.05, 0) is 64.2 Å². The van der Waals surface area contributed by atoms with Crippen LogP contribution in [0.5, 0.6) is 0 Å². The van der Waals surface area contributed by atoms with Gasteiger partial charge in [0.15, 0.2) is 0 Å². The molecule has 0 amide bonds. The molecule has 5 heteroatoms. The van der Waals surface area contributed by atoms with Gasteiger partial charge in [0.05, 0.1) is 5.56 Å². The lowest BCUT2D eigenvalue weighted by Crippen LogP contribution is -2.33. The fourth-order valence-electron chi connectivity index (χ4n) is 3.08. The molecule has 1 aromatic carbocycles. The summed E-state index contributed by atoms with van der Waals surface area (Å²) in [7, 11) is 1.98. The second-order valence-electron chi connectivity index (χ2n) is 8.11. The molecule has 0 aliphatic carbocycles. The van der Waals surface area contributed by atoms with Gasteiger partial charge in [0.2, 0.25) is 0 Å². The first-order valence-corrected chi connectivity index (χ1v) is 10.2. The number of hydrogen-bond acceptors (Lipinski definition) is 4. The van der Waals surface area contributed by atoms with Crippen molar-refractivity contribution in [3.63, 3.8) is 0 Å². The van der Waals surface area contributed by atoms with Gasteiger partial charge in [0.25, 0.3) is 0 Å². The Morgan fingerprint density at radius 2 is 1.76 bits per heavy atom. The SMILES string of the molecule is C.CC.CCC(CC(C)CC(=O)OC(C)(C)C)N(C)c1ccc(C)c(C(=O)O)c1. The number of carbonyl (C=O) groups is 2. The summed E-state index contributed by atoms with van der Waals surface area (Å²) in [5.41, 5.74) is 1.49. The summed E-state index contributed by atoms with van der Waals surface area (Å²) in [5, 5.41) is 9.34. The Balaban J connectivity index is 0. The number of ether oxygens (including phenoxy) is 1. The predicted octanol–water partition coefficient (Wildman–Crippen LogP) is 6.33. The first-order valence-electron chi connectivity index (χ1n) is 10.2. The summed E-state index contributed by atoms with van der Waals surface area (Å²) < 4.78 is 5.41. The molecule has 1 aromatic rings. The number of aryl methyl sites for hydroxylation is 1. The molecule has 0 fully saturated rings. The largest absolute Gasteiger partial charge is 0.478 e. The maximum absolute atomic E-state index is 12.0. The second kappa shape index (κ2) is 13.2. The van der Waals surface area contributed by atoms with E-state index in [4.69, 9.17) is 4.74 Å². The van der Waals surface area contributed by atoms with Gasteiger partial charge in [-0.15, -0.1) is 0 Å². The Kier molecular flexibility index (Phi) is 13.3. The second-order valence-corrected chi connectivity index (χ2v) is 8.11. The van der Waals surface area contributed by atoms with Crippen molar-refractivity contribution < 1.29 is 19.4 Å². The van der Waals surface area contributed by atoms with Gasteiger partial charge >= 0.3 is 11.9 Å². The van der Waals surface area contributed by atoms with E-state index in [2.05, 4.69) is 18.7 Å². The summed E-state index contributed by atoms with van der Waals surface area (Å²) in [6, 6.07) is 5.73. The molecular weight excluding hydrogens is 366 g/mol. The van der Waals surface area contributed by atoms with E-state index in [1.165, 1.54) is 0 Å². The molecular formula is C24H43NO4.